The number of carbonyl (C=O) groups excluding carboxylic acids is 3. The summed E-state index contributed by atoms with van der Waals surface area (Å²) < 4.78 is 0. The summed E-state index contributed by atoms with van der Waals surface area (Å²) in [6.45, 7) is -0.147. The standard InChI is InChI=1S/C11H16N6O3/c18-7(16-15-6-3-1-2-4-6)5-17-9-8(13-11(17)20)12-10(19)14-9/h8-9H,1-5H2,(H,13,20)(H,16,18)(H2,12,14,19)/t8-,9+/m1/s1. The molecule has 3 fully saturated rings. The average molecular weight is 280 g/mol. The van der Waals surface area contributed by atoms with Crippen LogP contribution in [0.4, 0.5) is 9.59 Å². The molecule has 2 atom stereocenters. The first-order chi connectivity index (χ1) is 9.63. The molecule has 108 valence electrons. The van der Waals surface area contributed by atoms with E-state index in [1.54, 1.807) is 0 Å². The van der Waals surface area contributed by atoms with Crippen LogP contribution in [0.2, 0.25) is 0 Å². The number of nitrogens with zero attached hydrogens (tertiary/aromatic N) is 2. The van der Waals surface area contributed by atoms with Crippen LogP contribution >= 0.6 is 0 Å². The number of fused-ring (bicyclic) bond motifs is 1. The van der Waals surface area contributed by atoms with E-state index in [9.17, 15) is 14.4 Å². The number of amides is 5. The zero-order valence-corrected chi connectivity index (χ0v) is 10.8. The topological polar surface area (TPSA) is 115 Å². The van der Waals surface area contributed by atoms with Gasteiger partial charge in [-0.2, -0.15) is 5.10 Å². The van der Waals surface area contributed by atoms with Crippen LogP contribution in [0.25, 0.3) is 0 Å². The second-order valence-electron chi connectivity index (χ2n) is 5.04. The molecule has 5 amide bonds. The molecular formula is C11H16N6O3. The number of hydrogen-bond acceptors (Lipinski definition) is 4. The van der Waals surface area contributed by atoms with Gasteiger partial charge in [-0.3, -0.25) is 9.69 Å². The zero-order valence-electron chi connectivity index (χ0n) is 10.8. The summed E-state index contributed by atoms with van der Waals surface area (Å²) in [6, 6.07) is -0.757. The van der Waals surface area contributed by atoms with Gasteiger partial charge in [-0.05, 0) is 25.7 Å². The summed E-state index contributed by atoms with van der Waals surface area (Å²) in [5.41, 5.74) is 3.44. The Kier molecular flexibility index (Phi) is 3.17. The molecule has 0 radical (unpaired) electrons. The molecule has 1 saturated carbocycles. The van der Waals surface area contributed by atoms with Crippen molar-refractivity contribution in [2.75, 3.05) is 6.54 Å². The Morgan fingerprint density at radius 2 is 2.00 bits per heavy atom. The molecule has 0 spiro atoms. The van der Waals surface area contributed by atoms with E-state index in [4.69, 9.17) is 0 Å². The van der Waals surface area contributed by atoms with E-state index in [1.165, 1.54) is 4.90 Å². The molecule has 3 aliphatic rings. The van der Waals surface area contributed by atoms with Gasteiger partial charge in [-0.1, -0.05) is 0 Å². The van der Waals surface area contributed by atoms with Crippen LogP contribution in [0.3, 0.4) is 0 Å². The highest BCUT2D eigenvalue weighted by Gasteiger charge is 2.45. The lowest BCUT2D eigenvalue weighted by Crippen LogP contribution is -2.47. The number of hydrogen-bond donors (Lipinski definition) is 4. The van der Waals surface area contributed by atoms with E-state index in [0.717, 1.165) is 31.4 Å². The minimum atomic E-state index is -0.542. The Labute approximate surface area is 115 Å². The molecule has 0 bridgehead atoms. The molecule has 2 saturated heterocycles. The monoisotopic (exact) mass is 280 g/mol. The van der Waals surface area contributed by atoms with Crippen LogP contribution in [-0.2, 0) is 4.79 Å². The van der Waals surface area contributed by atoms with Crippen molar-refractivity contribution in [3.05, 3.63) is 0 Å². The number of rotatable bonds is 3. The van der Waals surface area contributed by atoms with Gasteiger partial charge in [0.05, 0.1) is 0 Å². The number of hydrazone groups is 1. The molecule has 9 heteroatoms. The van der Waals surface area contributed by atoms with Crippen molar-refractivity contribution in [3.63, 3.8) is 0 Å². The molecule has 9 nitrogen and oxygen atoms in total. The maximum atomic E-state index is 11.8. The van der Waals surface area contributed by atoms with Gasteiger partial charge in [-0.15, -0.1) is 0 Å². The SMILES string of the molecule is O=C(CN1C(=O)N[C@H]2NC(=O)N[C@H]21)NN=C1CCCC1. The summed E-state index contributed by atoms with van der Waals surface area (Å²) in [4.78, 5) is 35.9. The van der Waals surface area contributed by atoms with Gasteiger partial charge in [0.1, 0.15) is 18.9 Å². The fraction of sp³-hybridized carbons (Fsp3) is 0.636. The largest absolute Gasteiger partial charge is 0.321 e. The van der Waals surface area contributed by atoms with Crippen molar-refractivity contribution < 1.29 is 14.4 Å². The van der Waals surface area contributed by atoms with E-state index in [2.05, 4.69) is 26.5 Å². The van der Waals surface area contributed by atoms with Gasteiger partial charge in [0, 0.05) is 5.71 Å². The summed E-state index contributed by atoms with van der Waals surface area (Å²) in [6.07, 6.45) is 2.99. The fourth-order valence-corrected chi connectivity index (χ4v) is 2.59. The van der Waals surface area contributed by atoms with Gasteiger partial charge in [0.25, 0.3) is 5.91 Å². The molecule has 1 aliphatic carbocycles. The molecule has 3 rings (SSSR count). The van der Waals surface area contributed by atoms with Crippen LogP contribution in [0.1, 0.15) is 25.7 Å². The molecule has 0 unspecified atom stereocenters. The smallest absolute Gasteiger partial charge is 0.314 e. The lowest BCUT2D eigenvalue weighted by Gasteiger charge is -2.19. The maximum Gasteiger partial charge on any atom is 0.321 e. The van der Waals surface area contributed by atoms with Crippen LogP contribution < -0.4 is 21.4 Å². The lowest BCUT2D eigenvalue weighted by atomic mass is 10.3. The van der Waals surface area contributed by atoms with Crippen molar-refractivity contribution in [1.29, 1.82) is 0 Å². The van der Waals surface area contributed by atoms with Crippen LogP contribution in [-0.4, -0.2) is 47.5 Å². The Balaban J connectivity index is 1.56. The predicted molar refractivity (Wildman–Crippen MR) is 68.5 cm³/mol. The Morgan fingerprint density at radius 3 is 2.75 bits per heavy atom. The first kappa shape index (κ1) is 12.7. The summed E-state index contributed by atoms with van der Waals surface area (Å²) in [5, 5.41) is 11.7. The van der Waals surface area contributed by atoms with Crippen molar-refractivity contribution in [2.45, 2.75) is 38.0 Å². The Morgan fingerprint density at radius 1 is 1.25 bits per heavy atom. The second-order valence-corrected chi connectivity index (χ2v) is 5.04. The average Bonchev–Trinajstić information content (AvgIpc) is 3.07. The molecule has 20 heavy (non-hydrogen) atoms. The number of nitrogens with one attached hydrogen (secondary N) is 4. The van der Waals surface area contributed by atoms with Crippen molar-refractivity contribution >= 4 is 23.7 Å². The third kappa shape index (κ3) is 2.38. The minimum Gasteiger partial charge on any atom is -0.314 e. The highest BCUT2D eigenvalue weighted by Crippen LogP contribution is 2.14. The molecular weight excluding hydrogens is 264 g/mol. The van der Waals surface area contributed by atoms with E-state index < -0.39 is 18.4 Å². The van der Waals surface area contributed by atoms with E-state index in [-0.39, 0.29) is 18.5 Å². The summed E-state index contributed by atoms with van der Waals surface area (Å²) in [7, 11) is 0. The molecule has 0 aromatic carbocycles. The van der Waals surface area contributed by atoms with Crippen LogP contribution in [0, 0.1) is 0 Å². The molecule has 0 aromatic rings. The van der Waals surface area contributed by atoms with Crippen molar-refractivity contribution in [3.8, 4) is 0 Å². The third-order valence-electron chi connectivity index (χ3n) is 3.59. The Bertz CT molecular complexity index is 483. The van der Waals surface area contributed by atoms with E-state index >= 15 is 0 Å². The minimum absolute atomic E-state index is 0.147. The zero-order chi connectivity index (χ0) is 14.1. The van der Waals surface area contributed by atoms with Gasteiger partial charge < -0.3 is 16.0 Å². The van der Waals surface area contributed by atoms with Crippen LogP contribution in [0.15, 0.2) is 5.10 Å². The molecule has 2 heterocycles. The van der Waals surface area contributed by atoms with Gasteiger partial charge in [0.2, 0.25) is 0 Å². The predicted octanol–water partition coefficient (Wildman–Crippen LogP) is -0.977. The number of urea groups is 2. The number of carbonyl (C=O) groups is 3. The van der Waals surface area contributed by atoms with Crippen molar-refractivity contribution in [1.82, 2.24) is 26.3 Å². The Hall–Kier alpha value is -2.32. The fourth-order valence-electron chi connectivity index (χ4n) is 2.59. The van der Waals surface area contributed by atoms with Gasteiger partial charge in [0.15, 0.2) is 0 Å². The quantitative estimate of drug-likeness (QED) is 0.498. The highest BCUT2D eigenvalue weighted by molar-refractivity contribution is 5.90. The van der Waals surface area contributed by atoms with E-state index in [1.807, 2.05) is 0 Å². The highest BCUT2D eigenvalue weighted by atomic mass is 16.2. The van der Waals surface area contributed by atoms with E-state index in [0.29, 0.717) is 0 Å². The third-order valence-corrected chi connectivity index (χ3v) is 3.59. The lowest BCUT2D eigenvalue weighted by molar-refractivity contribution is -0.121. The van der Waals surface area contributed by atoms with Gasteiger partial charge in [-0.25, -0.2) is 15.0 Å². The molecule has 4 N–H and O–H groups in total. The summed E-state index contributed by atoms with van der Waals surface area (Å²) in [5.74, 6) is -0.374. The normalized spacial score (nSPS) is 27.8. The first-order valence-electron chi connectivity index (χ1n) is 6.62. The maximum absolute atomic E-state index is 11.8. The van der Waals surface area contributed by atoms with Crippen molar-refractivity contribution in [2.24, 2.45) is 5.10 Å². The second kappa shape index (κ2) is 4.99. The first-order valence-corrected chi connectivity index (χ1v) is 6.62. The van der Waals surface area contributed by atoms with Crippen LogP contribution in [0.5, 0.6) is 0 Å². The van der Waals surface area contributed by atoms with Gasteiger partial charge >= 0.3 is 12.1 Å². The summed E-state index contributed by atoms with van der Waals surface area (Å²) >= 11 is 0. The molecule has 0 aromatic heterocycles. The molecule has 2 aliphatic heterocycles.